The third-order valence-electron chi connectivity index (χ3n) is 25.1. The zero-order valence-electron chi connectivity index (χ0n) is 76.2. The molecule has 8 unspecified atom stereocenters. The van der Waals surface area contributed by atoms with E-state index in [2.05, 4.69) is 171 Å². The minimum Gasteiger partial charge on any atom is -0.496 e. The van der Waals surface area contributed by atoms with Crippen LogP contribution in [0.25, 0.3) is 43.1 Å². The number of carbonyl (C=O) groups is 8. The molecule has 0 bridgehead atoms. The van der Waals surface area contributed by atoms with Crippen molar-refractivity contribution in [2.45, 2.75) is 113 Å². The lowest BCUT2D eigenvalue weighted by molar-refractivity contribution is -0.145. The summed E-state index contributed by atoms with van der Waals surface area (Å²) >= 11 is 9.12. The molecule has 12 aromatic rings. The number of aromatic nitrogens is 4. The first-order valence-electron chi connectivity index (χ1n) is 45.1. The number of aryl methyl sites for hydroxylation is 4. The Kier molecular flexibility index (Phi) is 31.0. The molecule has 7 fully saturated rings. The summed E-state index contributed by atoms with van der Waals surface area (Å²) in [5, 5.41) is 23.4. The van der Waals surface area contributed by atoms with E-state index in [1.165, 1.54) is 133 Å². The third kappa shape index (κ3) is 22.8. The van der Waals surface area contributed by atoms with Gasteiger partial charge in [-0.05, 0) is 198 Å². The number of nitrogen functional groups attached to an aromatic ring is 1. The smallest absolute Gasteiger partial charge is 0.309 e. The van der Waals surface area contributed by atoms with Crippen LogP contribution < -0.4 is 39.8 Å². The summed E-state index contributed by atoms with van der Waals surface area (Å²) in [6.07, 6.45) is 15.7. The molecule has 4 N–H and O–H groups in total. The van der Waals surface area contributed by atoms with Crippen molar-refractivity contribution in [1.29, 1.82) is 0 Å². The van der Waals surface area contributed by atoms with Crippen LogP contribution in [-0.2, 0) is 33.4 Å². The van der Waals surface area contributed by atoms with E-state index in [4.69, 9.17) is 55.5 Å². The number of methoxy groups -OCH3 is 4. The van der Waals surface area contributed by atoms with E-state index in [-0.39, 0.29) is 81.7 Å². The van der Waals surface area contributed by atoms with Crippen LogP contribution >= 0.6 is 27.5 Å². The highest BCUT2D eigenvalue weighted by Gasteiger charge is 2.53. The fourth-order valence-corrected chi connectivity index (χ4v) is 17.3. The van der Waals surface area contributed by atoms with Gasteiger partial charge in [0, 0.05) is 124 Å². The van der Waals surface area contributed by atoms with Gasteiger partial charge in [-0.3, -0.25) is 38.4 Å². The van der Waals surface area contributed by atoms with Gasteiger partial charge < -0.3 is 59.1 Å². The average Bonchev–Trinajstić information content (AvgIpc) is 1.07. The molecule has 8 atom stereocenters. The first-order chi connectivity index (χ1) is 63.8. The van der Waals surface area contributed by atoms with Gasteiger partial charge in [0.25, 0.3) is 0 Å². The van der Waals surface area contributed by atoms with Crippen LogP contribution in [0.4, 0.5) is 40.2 Å². The highest BCUT2D eigenvalue weighted by atomic mass is 79.9. The van der Waals surface area contributed by atoms with Gasteiger partial charge in [0.05, 0.1) is 106 Å². The molecule has 7 aliphatic rings. The predicted octanol–water partition coefficient (Wildman–Crippen LogP) is 21.8. The van der Waals surface area contributed by atoms with Crippen molar-refractivity contribution < 1.29 is 76.6 Å². The average molecular weight is 1870 g/mol. The number of carboxylic acids is 1. The number of alkyl halides is 1. The summed E-state index contributed by atoms with van der Waals surface area (Å²) < 4.78 is 36.8. The fraction of sp³-hybridized carbons (Fsp3) is 0.358. The number of ketones is 4. The maximum Gasteiger partial charge on any atom is 0.309 e. The summed E-state index contributed by atoms with van der Waals surface area (Å²) in [6, 6.07) is 56.6. The van der Waals surface area contributed by atoms with Gasteiger partial charge in [-0.1, -0.05) is 149 Å². The number of benzene rings is 8. The van der Waals surface area contributed by atoms with Crippen molar-refractivity contribution in [3.8, 4) is 23.0 Å². The molecule has 0 radical (unpaired) electrons. The van der Waals surface area contributed by atoms with Crippen molar-refractivity contribution in [2.24, 2.45) is 65.1 Å². The first kappa shape index (κ1) is 95.2. The zero-order valence-corrected chi connectivity index (χ0v) is 78.6. The highest BCUT2D eigenvalue weighted by Crippen LogP contribution is 2.49. The lowest BCUT2D eigenvalue weighted by Crippen LogP contribution is -2.22. The molecule has 4 aromatic heterocycles. The third-order valence-corrected chi connectivity index (χ3v) is 26.2. The van der Waals surface area contributed by atoms with Gasteiger partial charge in [-0.2, -0.15) is 0 Å². The molecule has 24 nitrogen and oxygen atoms in total. The van der Waals surface area contributed by atoms with Gasteiger partial charge in [0.15, 0.2) is 23.1 Å². The number of ether oxygens (including phenoxy) is 7. The molecule has 0 saturated heterocycles. The highest BCUT2D eigenvalue weighted by molar-refractivity contribution is 9.09. The minimum atomic E-state index is -0.922. The SMILES string of the molecule is BrCC1CC1.CCOC(=O)C1CC1C(=O)c1cnc(Cl)cc1OC.CCOC(=O)C1CC1C(=O)c1cnc(N(CC2CC2)c2ccc(C)c3ccccc23)cc1OC.CCOC(=O)C1CC1C(=O)c1cnc(Nc2ccc(C)c3ccccc23)cc1OC.COc1cc(N(CC2CC2)c2ccc(C)c3ccccc23)ncc1C(=O)C1CC1C(=O)O.Cc1ccc(N)c2ccccc12. The predicted molar refractivity (Wildman–Crippen MR) is 518 cm³/mol. The number of nitrogens with zero attached hydrogens (tertiary/aromatic N) is 6. The Morgan fingerprint density at radius 1 is 0.402 bits per heavy atom. The largest absolute Gasteiger partial charge is 0.496 e. The Labute approximate surface area is 782 Å². The number of aliphatic carboxylic acids is 1. The van der Waals surface area contributed by atoms with Gasteiger partial charge in [-0.15, -0.1) is 0 Å². The first-order valence-corrected chi connectivity index (χ1v) is 46.6. The van der Waals surface area contributed by atoms with E-state index in [1.807, 2.05) is 60.7 Å². The second-order valence-corrected chi connectivity index (χ2v) is 35.6. The standard InChI is InChI=1S/C28H30N2O4.C26H26N2O4.C24H24N2O4.C13H14ClNO4.C11H11N.C4H7Br/c1-4-34-28(32)22-13-21(22)27(31)23-15-29-26(14-25(23)33-3)30(16-18-10-11-18)24-12-9-17(2)19-7-5-6-8-20(19)24;1-15-7-10-22(18-6-4-3-5-17(15)18)28(14-16-8-9-16)24-12-23(32-2)21(13-27-24)25(29)19-11-20(19)26(30)31;1-4-30-24(28)18-11-17(18)23(27)19-13-25-22(12-21(19)29-3)26-20-10-9-14(2)15-7-5-6-8-16(15)20;1-3-19-13(17)8-4-7(8)12(16)9-6-15-11(14)5-10(9)18-2;1-8-6-7-11(12)10-5-3-2-4-9(8)10;5-3-4-1-2-4/h5-9,12,14-15,18,21-22H,4,10-11,13,16H2,1-3H3;3-7,10,12-13,16,19-20H,8-9,11,14H2,1-2H3,(H,30,31);5-10,12-13,17-18H,4,11H2,1-3H3,(H,25,26);5-8H,3-4H2,1-2H3;2-7H,12H2,1H3;4H,1-3H2. The number of carbonyl (C=O) groups excluding carboxylic acids is 7. The summed E-state index contributed by atoms with van der Waals surface area (Å²) in [5.41, 5.74) is 16.2. The van der Waals surface area contributed by atoms with E-state index in [0.717, 1.165) is 69.6 Å². The second-order valence-electron chi connectivity index (χ2n) is 34.5. The Bertz CT molecular complexity index is 6280. The lowest BCUT2D eigenvalue weighted by Gasteiger charge is -2.26. The van der Waals surface area contributed by atoms with E-state index < -0.39 is 17.8 Å². The van der Waals surface area contributed by atoms with Crippen molar-refractivity contribution >= 4 is 158 Å². The Morgan fingerprint density at radius 3 is 1.09 bits per heavy atom. The fourth-order valence-electron chi connectivity index (χ4n) is 16.6. The van der Waals surface area contributed by atoms with Gasteiger partial charge in [-0.25, -0.2) is 19.9 Å². The number of carboxylic acid groups (broad SMARTS) is 1. The number of halogens is 2. The number of nitrogens with two attached hydrogens (primary N) is 1. The van der Waals surface area contributed by atoms with E-state index in [0.29, 0.717) is 108 Å². The number of pyridine rings is 4. The van der Waals surface area contributed by atoms with Crippen LogP contribution in [0.15, 0.2) is 195 Å². The number of nitrogens with one attached hydrogen (secondary N) is 1. The maximum absolute atomic E-state index is 13.1. The van der Waals surface area contributed by atoms with Crippen molar-refractivity contribution in [2.75, 3.05) is 87.5 Å². The van der Waals surface area contributed by atoms with Crippen LogP contribution in [0.3, 0.4) is 0 Å². The normalized spacial score (nSPS) is 18.4. The molecule has 26 heteroatoms. The summed E-state index contributed by atoms with van der Waals surface area (Å²) in [6.45, 7) is 16.4. The quantitative estimate of drug-likeness (QED) is 0.00940. The van der Waals surface area contributed by atoms with E-state index >= 15 is 0 Å². The molecule has 4 heterocycles. The molecule has 0 spiro atoms. The molecule has 0 amide bonds. The van der Waals surface area contributed by atoms with Gasteiger partial charge >= 0.3 is 23.9 Å². The molecule has 7 aliphatic carbocycles. The molecule has 132 heavy (non-hydrogen) atoms. The lowest BCUT2D eigenvalue weighted by atomic mass is 10.0. The Balaban J connectivity index is 0.000000135. The van der Waals surface area contributed by atoms with Crippen molar-refractivity contribution in [1.82, 2.24) is 19.9 Å². The Hall–Kier alpha value is -12.9. The number of Topliss-reactive ketones (excluding diaryl/α,β-unsaturated/α-hetero) is 4. The molecular formula is C106H112BrClN8O16. The molecule has 7 saturated carbocycles. The van der Waals surface area contributed by atoms with Crippen LogP contribution in [0.2, 0.25) is 5.15 Å². The van der Waals surface area contributed by atoms with Crippen LogP contribution in [0, 0.1) is 92.8 Å². The monoisotopic (exact) mass is 1870 g/mol. The van der Waals surface area contributed by atoms with Crippen LogP contribution in [0.5, 0.6) is 23.0 Å². The topological polar surface area (TPSA) is 317 Å². The number of fused-ring (bicyclic) bond motifs is 4. The van der Waals surface area contributed by atoms with E-state index in [9.17, 15) is 43.5 Å². The summed E-state index contributed by atoms with van der Waals surface area (Å²) in [7, 11) is 6.08. The number of esters is 3. The minimum absolute atomic E-state index is 0.108. The Morgan fingerprint density at radius 2 is 0.727 bits per heavy atom. The van der Waals surface area contributed by atoms with Crippen molar-refractivity contribution in [3.05, 3.63) is 244 Å². The number of hydrogen-bond donors (Lipinski definition) is 3. The van der Waals surface area contributed by atoms with Crippen LogP contribution in [-0.4, -0.2) is 139 Å². The zero-order chi connectivity index (χ0) is 93.7. The van der Waals surface area contributed by atoms with Gasteiger partial charge in [0.2, 0.25) is 0 Å². The summed E-state index contributed by atoms with van der Waals surface area (Å²) in [4.78, 5) is 120. The second kappa shape index (κ2) is 43.0. The maximum atomic E-state index is 13.1. The molecular weight excluding hydrogens is 1760 g/mol. The number of hydrogen-bond acceptors (Lipinski definition) is 23. The molecule has 686 valence electrons. The molecule has 0 aliphatic heterocycles. The molecule has 19 rings (SSSR count). The van der Waals surface area contributed by atoms with Gasteiger partial charge in [0.1, 0.15) is 45.6 Å². The van der Waals surface area contributed by atoms with E-state index in [1.54, 1.807) is 46.3 Å². The number of rotatable bonds is 30. The van der Waals surface area contributed by atoms with Crippen molar-refractivity contribution in [3.63, 3.8) is 0 Å². The summed E-state index contributed by atoms with van der Waals surface area (Å²) in [5.74, 6) is 0.436. The molecule has 8 aromatic carbocycles. The van der Waals surface area contributed by atoms with Crippen LogP contribution in [0.1, 0.15) is 149 Å². The number of anilines is 7.